The number of nitrogens with zero attached hydrogens (tertiary/aromatic N) is 2. The van der Waals surface area contributed by atoms with E-state index in [9.17, 15) is 22.7 Å². The molecule has 1 aliphatic heterocycles. The fraction of sp³-hybridized carbons (Fsp3) is 0.120. The number of nitrogens with two attached hydrogens (primary N) is 1. The van der Waals surface area contributed by atoms with Crippen molar-refractivity contribution in [2.75, 3.05) is 11.1 Å². The van der Waals surface area contributed by atoms with Gasteiger partial charge in [0.15, 0.2) is 0 Å². The largest absolute Gasteiger partial charge is 0.383 e. The van der Waals surface area contributed by atoms with Crippen molar-refractivity contribution in [1.82, 2.24) is 9.78 Å². The van der Waals surface area contributed by atoms with E-state index in [1.807, 2.05) is 6.92 Å². The predicted octanol–water partition coefficient (Wildman–Crippen LogP) is 3.23. The molecule has 5 rings (SSSR count). The molecule has 4 N–H and O–H groups in total. The maximum absolute atomic E-state index is 13.9. The summed E-state index contributed by atoms with van der Waals surface area (Å²) in [5, 5.41) is 18.3. The Morgan fingerprint density at radius 3 is 2.23 bits per heavy atom. The molecule has 10 heteroatoms. The Kier molecular flexibility index (Phi) is 5.04. The number of nitrogen functional groups attached to an aromatic ring is 1. The van der Waals surface area contributed by atoms with E-state index in [1.165, 1.54) is 41.1 Å². The summed E-state index contributed by atoms with van der Waals surface area (Å²) >= 11 is 0. The van der Waals surface area contributed by atoms with Crippen LogP contribution < -0.4 is 11.1 Å². The van der Waals surface area contributed by atoms with E-state index >= 15 is 0 Å². The Labute approximate surface area is 200 Å². The lowest BCUT2D eigenvalue weighted by atomic mass is 9.87. The molecule has 35 heavy (non-hydrogen) atoms. The van der Waals surface area contributed by atoms with Gasteiger partial charge in [-0.2, -0.15) is 5.10 Å². The third kappa shape index (κ3) is 3.41. The van der Waals surface area contributed by atoms with Crippen molar-refractivity contribution in [3.63, 3.8) is 0 Å². The van der Waals surface area contributed by atoms with Crippen LogP contribution in [0.3, 0.4) is 0 Å². The van der Waals surface area contributed by atoms with Crippen LogP contribution in [0.2, 0.25) is 0 Å². The molecule has 1 amide bonds. The van der Waals surface area contributed by atoms with Gasteiger partial charge < -0.3 is 16.2 Å². The van der Waals surface area contributed by atoms with Crippen molar-refractivity contribution in [2.24, 2.45) is 0 Å². The summed E-state index contributed by atoms with van der Waals surface area (Å²) in [4.78, 5) is 13.0. The number of carbonyl (C=O) groups excluding carboxylic acids is 1. The second kappa shape index (κ2) is 7.76. The molecule has 1 aromatic heterocycles. The van der Waals surface area contributed by atoms with Crippen LogP contribution in [0.1, 0.15) is 22.4 Å². The first-order chi connectivity index (χ1) is 16.5. The van der Waals surface area contributed by atoms with E-state index in [4.69, 9.17) is 5.73 Å². The number of hydrogen-bond donors (Lipinski definition) is 3. The molecule has 1 aliphatic rings. The normalized spacial score (nSPS) is 17.3. The molecule has 2 heterocycles. The number of sulfone groups is 1. The quantitative estimate of drug-likeness (QED) is 0.401. The van der Waals surface area contributed by atoms with Gasteiger partial charge >= 0.3 is 0 Å². The Morgan fingerprint density at radius 1 is 1.00 bits per heavy atom. The third-order valence-electron chi connectivity index (χ3n) is 6.13. The Morgan fingerprint density at radius 2 is 1.60 bits per heavy atom. The lowest BCUT2D eigenvalue weighted by Crippen LogP contribution is -2.36. The molecular weight excluding hydrogens is 471 g/mol. The van der Waals surface area contributed by atoms with E-state index < -0.39 is 27.2 Å². The van der Waals surface area contributed by atoms with Crippen LogP contribution in [0.4, 0.5) is 15.9 Å². The average molecular weight is 493 g/mol. The minimum Gasteiger partial charge on any atom is -0.383 e. The summed E-state index contributed by atoms with van der Waals surface area (Å²) in [6.45, 7) is 3.44. The molecule has 0 unspecified atom stereocenters. The van der Waals surface area contributed by atoms with Crippen molar-refractivity contribution in [3.8, 4) is 5.69 Å². The molecular formula is C25H21FN4O4S. The first kappa shape index (κ1) is 22.8. The summed E-state index contributed by atoms with van der Waals surface area (Å²) in [5.41, 5.74) is 6.06. The number of rotatable bonds is 4. The Hall–Kier alpha value is -4.02. The molecule has 0 bridgehead atoms. The number of benzene rings is 3. The minimum atomic E-state index is -3.72. The summed E-state index contributed by atoms with van der Waals surface area (Å²) in [5.74, 6) is -1.42. The topological polar surface area (TPSA) is 127 Å². The average Bonchev–Trinajstić information content (AvgIpc) is 3.26. The second-order valence-electron chi connectivity index (χ2n) is 8.42. The van der Waals surface area contributed by atoms with Crippen LogP contribution >= 0.6 is 0 Å². The zero-order chi connectivity index (χ0) is 25.1. The highest BCUT2D eigenvalue weighted by molar-refractivity contribution is 7.91. The van der Waals surface area contributed by atoms with Crippen LogP contribution in [0.5, 0.6) is 0 Å². The molecule has 0 fully saturated rings. The zero-order valence-electron chi connectivity index (χ0n) is 18.8. The molecule has 4 aromatic rings. The van der Waals surface area contributed by atoms with Gasteiger partial charge in [0, 0.05) is 11.3 Å². The molecule has 3 aromatic carbocycles. The molecule has 0 saturated heterocycles. The van der Waals surface area contributed by atoms with Gasteiger partial charge in [-0.1, -0.05) is 17.7 Å². The molecule has 0 radical (unpaired) electrons. The maximum atomic E-state index is 13.9. The van der Waals surface area contributed by atoms with Gasteiger partial charge in [-0.25, -0.2) is 17.5 Å². The second-order valence-corrected chi connectivity index (χ2v) is 10.4. The van der Waals surface area contributed by atoms with Crippen molar-refractivity contribution >= 4 is 27.2 Å². The van der Waals surface area contributed by atoms with Crippen molar-refractivity contribution in [1.29, 1.82) is 0 Å². The molecule has 8 nitrogen and oxygen atoms in total. The van der Waals surface area contributed by atoms with E-state index in [0.717, 1.165) is 11.6 Å². The summed E-state index contributed by atoms with van der Waals surface area (Å²) in [7, 11) is -3.72. The summed E-state index contributed by atoms with van der Waals surface area (Å²) in [6, 6.07) is 16.1. The van der Waals surface area contributed by atoms with E-state index in [1.54, 1.807) is 31.2 Å². The first-order valence-electron chi connectivity index (χ1n) is 10.6. The van der Waals surface area contributed by atoms with Gasteiger partial charge in [-0.05, 0) is 68.4 Å². The molecule has 1 atom stereocenters. The van der Waals surface area contributed by atoms with Crippen LogP contribution in [0.25, 0.3) is 5.69 Å². The van der Waals surface area contributed by atoms with Crippen LogP contribution in [-0.2, 0) is 20.2 Å². The fourth-order valence-corrected chi connectivity index (χ4v) is 5.58. The number of amides is 1. The third-order valence-corrected chi connectivity index (χ3v) is 7.91. The maximum Gasteiger partial charge on any atom is 0.266 e. The highest BCUT2D eigenvalue weighted by Gasteiger charge is 2.50. The fourth-order valence-electron chi connectivity index (χ4n) is 4.32. The number of aliphatic hydroxyl groups is 1. The first-order valence-corrected chi connectivity index (χ1v) is 12.1. The SMILES string of the molecule is Cc1ccc(S(=O)(=O)c2ccc(-n3nc(C)c([C@@]4(O)C(=O)Nc5ccc(F)cc54)c3N)cc2)cc1. The van der Waals surface area contributed by atoms with Crippen molar-refractivity contribution in [2.45, 2.75) is 29.2 Å². The van der Waals surface area contributed by atoms with Gasteiger partial charge in [0.2, 0.25) is 15.4 Å². The highest BCUT2D eigenvalue weighted by Crippen LogP contribution is 2.44. The van der Waals surface area contributed by atoms with Crippen LogP contribution in [0, 0.1) is 19.7 Å². The lowest BCUT2D eigenvalue weighted by molar-refractivity contribution is -0.129. The number of anilines is 2. The van der Waals surface area contributed by atoms with Gasteiger partial charge in [0.25, 0.3) is 5.91 Å². The van der Waals surface area contributed by atoms with E-state index in [-0.39, 0.29) is 38.1 Å². The predicted molar refractivity (Wildman–Crippen MR) is 127 cm³/mol. The molecule has 178 valence electrons. The van der Waals surface area contributed by atoms with Gasteiger partial charge in [0.05, 0.1) is 26.7 Å². The molecule has 0 aliphatic carbocycles. The minimum absolute atomic E-state index is 0.0238. The van der Waals surface area contributed by atoms with Gasteiger partial charge in [-0.3, -0.25) is 4.79 Å². The van der Waals surface area contributed by atoms with Crippen LogP contribution in [-0.4, -0.2) is 29.2 Å². The van der Waals surface area contributed by atoms with E-state index in [2.05, 4.69) is 10.4 Å². The number of aryl methyl sites for hydroxylation is 2. The molecule has 0 spiro atoms. The number of fused-ring (bicyclic) bond motifs is 1. The Balaban J connectivity index is 1.56. The van der Waals surface area contributed by atoms with E-state index in [0.29, 0.717) is 5.69 Å². The standard InChI is InChI=1S/C25H21FN4O4S/c1-14-3-8-18(9-4-14)35(33,34)19-10-6-17(7-11-19)30-23(27)22(15(2)29-30)25(32)20-13-16(26)5-12-21(20)28-24(25)31/h3-13,32H,27H2,1-2H3,(H,28,31)/t25-/m1/s1. The smallest absolute Gasteiger partial charge is 0.266 e. The molecule has 0 saturated carbocycles. The monoisotopic (exact) mass is 492 g/mol. The Bertz CT molecular complexity index is 1600. The van der Waals surface area contributed by atoms with Crippen LogP contribution in [0.15, 0.2) is 76.5 Å². The lowest BCUT2D eigenvalue weighted by Gasteiger charge is -2.21. The number of aromatic nitrogens is 2. The summed E-state index contributed by atoms with van der Waals surface area (Å²) < 4.78 is 41.2. The number of hydrogen-bond acceptors (Lipinski definition) is 6. The zero-order valence-corrected chi connectivity index (χ0v) is 19.6. The number of carbonyl (C=O) groups is 1. The summed E-state index contributed by atoms with van der Waals surface area (Å²) in [6.07, 6.45) is 0. The van der Waals surface area contributed by atoms with Gasteiger partial charge in [0.1, 0.15) is 11.6 Å². The number of nitrogens with one attached hydrogen (secondary N) is 1. The van der Waals surface area contributed by atoms with Crippen molar-refractivity contribution in [3.05, 3.63) is 94.9 Å². The number of halogens is 1. The van der Waals surface area contributed by atoms with Gasteiger partial charge in [-0.15, -0.1) is 0 Å². The highest BCUT2D eigenvalue weighted by atomic mass is 32.2. The van der Waals surface area contributed by atoms with Crippen molar-refractivity contribution < 1.29 is 22.7 Å².